The lowest BCUT2D eigenvalue weighted by molar-refractivity contribution is 0.0696. The van der Waals surface area contributed by atoms with Gasteiger partial charge in [0, 0.05) is 11.8 Å². The molecule has 2 heterocycles. The molecule has 0 bridgehead atoms. The zero-order chi connectivity index (χ0) is 20.6. The van der Waals surface area contributed by atoms with Crippen LogP contribution in [0, 0.1) is 0 Å². The van der Waals surface area contributed by atoms with Crippen molar-refractivity contribution in [3.8, 4) is 11.1 Å². The molecule has 0 aliphatic carbocycles. The molecule has 0 radical (unpaired) electrons. The SMILES string of the molecule is C[C@@H](Nc1c(C(N)=O)cnn2cc(-c3cccc(C(=O)O)c3)cc12)C(C)(C)F. The molecule has 3 rings (SSSR count). The number of primary amides is 1. The van der Waals surface area contributed by atoms with Crippen LogP contribution in [0.1, 0.15) is 41.5 Å². The van der Waals surface area contributed by atoms with E-state index in [4.69, 9.17) is 5.73 Å². The minimum atomic E-state index is -1.54. The second-order valence-electron chi connectivity index (χ2n) is 7.17. The number of hydrogen-bond acceptors (Lipinski definition) is 4. The highest BCUT2D eigenvalue weighted by Gasteiger charge is 2.27. The van der Waals surface area contributed by atoms with Crippen molar-refractivity contribution in [2.75, 3.05) is 5.32 Å². The number of benzene rings is 1. The van der Waals surface area contributed by atoms with Gasteiger partial charge in [0.05, 0.1) is 34.6 Å². The Bertz CT molecular complexity index is 1070. The van der Waals surface area contributed by atoms with Gasteiger partial charge in [-0.15, -0.1) is 0 Å². The first-order valence-corrected chi connectivity index (χ1v) is 8.68. The molecule has 4 N–H and O–H groups in total. The molecule has 1 amide bonds. The van der Waals surface area contributed by atoms with Crippen LogP contribution in [0.25, 0.3) is 16.6 Å². The van der Waals surface area contributed by atoms with E-state index in [1.807, 2.05) is 0 Å². The predicted molar refractivity (Wildman–Crippen MR) is 104 cm³/mol. The van der Waals surface area contributed by atoms with Crippen LogP contribution in [0.4, 0.5) is 10.1 Å². The summed E-state index contributed by atoms with van der Waals surface area (Å²) in [5.41, 5.74) is 6.52. The number of nitrogens with one attached hydrogen (secondary N) is 1. The number of halogens is 1. The Labute approximate surface area is 161 Å². The number of carbonyl (C=O) groups excluding carboxylic acids is 1. The molecule has 146 valence electrons. The van der Waals surface area contributed by atoms with E-state index in [0.29, 0.717) is 22.3 Å². The lowest BCUT2D eigenvalue weighted by atomic mass is 10.0. The minimum absolute atomic E-state index is 0.146. The van der Waals surface area contributed by atoms with Crippen molar-refractivity contribution in [1.29, 1.82) is 0 Å². The zero-order valence-electron chi connectivity index (χ0n) is 15.7. The number of fused-ring (bicyclic) bond motifs is 1. The average Bonchev–Trinajstić information content (AvgIpc) is 3.05. The first kappa shape index (κ1) is 19.3. The fraction of sp³-hybridized carbons (Fsp3) is 0.250. The first-order valence-electron chi connectivity index (χ1n) is 8.68. The number of nitrogens with zero attached hydrogens (tertiary/aromatic N) is 2. The first-order chi connectivity index (χ1) is 13.1. The molecule has 1 atom stereocenters. The molecule has 0 aliphatic rings. The highest BCUT2D eigenvalue weighted by molar-refractivity contribution is 6.02. The van der Waals surface area contributed by atoms with Crippen molar-refractivity contribution < 1.29 is 19.1 Å². The number of aromatic carboxylic acids is 1. The Balaban J connectivity index is 2.16. The van der Waals surface area contributed by atoms with E-state index < -0.39 is 23.6 Å². The normalized spacial score (nSPS) is 12.7. The molecule has 1 aromatic carbocycles. The summed E-state index contributed by atoms with van der Waals surface area (Å²) in [6.45, 7) is 4.55. The van der Waals surface area contributed by atoms with Crippen LogP contribution in [0.15, 0.2) is 42.7 Å². The van der Waals surface area contributed by atoms with Gasteiger partial charge in [0.15, 0.2) is 0 Å². The molecule has 0 aliphatic heterocycles. The van der Waals surface area contributed by atoms with Gasteiger partial charge in [0.2, 0.25) is 0 Å². The molecular formula is C20H21FN4O3. The maximum absolute atomic E-state index is 14.3. The monoisotopic (exact) mass is 384 g/mol. The summed E-state index contributed by atoms with van der Waals surface area (Å²) in [5.74, 6) is -1.71. The third-order valence-corrected chi connectivity index (χ3v) is 4.74. The van der Waals surface area contributed by atoms with E-state index in [2.05, 4.69) is 10.4 Å². The van der Waals surface area contributed by atoms with Crippen LogP contribution in [-0.2, 0) is 0 Å². The van der Waals surface area contributed by atoms with Crippen molar-refractivity contribution in [2.45, 2.75) is 32.5 Å². The second-order valence-corrected chi connectivity index (χ2v) is 7.17. The summed E-state index contributed by atoms with van der Waals surface area (Å²) in [6, 6.07) is 7.62. The van der Waals surface area contributed by atoms with Gasteiger partial charge in [-0.2, -0.15) is 5.10 Å². The summed E-state index contributed by atoms with van der Waals surface area (Å²) in [4.78, 5) is 23.1. The van der Waals surface area contributed by atoms with Crippen molar-refractivity contribution in [1.82, 2.24) is 9.61 Å². The number of anilines is 1. The van der Waals surface area contributed by atoms with Gasteiger partial charge in [-0.25, -0.2) is 13.7 Å². The molecule has 0 saturated carbocycles. The summed E-state index contributed by atoms with van der Waals surface area (Å²) in [5, 5.41) is 16.4. The van der Waals surface area contributed by atoms with Gasteiger partial charge >= 0.3 is 5.97 Å². The Kier molecular flexibility index (Phi) is 4.80. The molecule has 2 aromatic heterocycles. The van der Waals surface area contributed by atoms with E-state index in [1.165, 1.54) is 30.6 Å². The number of carbonyl (C=O) groups is 2. The van der Waals surface area contributed by atoms with Gasteiger partial charge in [-0.05, 0) is 44.5 Å². The maximum Gasteiger partial charge on any atom is 0.335 e. The number of hydrogen-bond donors (Lipinski definition) is 3. The maximum atomic E-state index is 14.3. The summed E-state index contributed by atoms with van der Waals surface area (Å²) in [7, 11) is 0. The van der Waals surface area contributed by atoms with Crippen LogP contribution in [0.2, 0.25) is 0 Å². The fourth-order valence-corrected chi connectivity index (χ4v) is 2.77. The topological polar surface area (TPSA) is 110 Å². The molecule has 0 fully saturated rings. The number of carboxylic acids is 1. The molecule has 28 heavy (non-hydrogen) atoms. The van der Waals surface area contributed by atoms with Crippen molar-refractivity contribution in [2.24, 2.45) is 5.73 Å². The fourth-order valence-electron chi connectivity index (χ4n) is 2.77. The largest absolute Gasteiger partial charge is 0.478 e. The minimum Gasteiger partial charge on any atom is -0.478 e. The molecule has 0 unspecified atom stereocenters. The Morgan fingerprint density at radius 2 is 2.00 bits per heavy atom. The van der Waals surface area contributed by atoms with Crippen LogP contribution < -0.4 is 11.1 Å². The van der Waals surface area contributed by atoms with Gasteiger partial charge in [-0.3, -0.25) is 4.79 Å². The van der Waals surface area contributed by atoms with E-state index in [-0.39, 0.29) is 11.1 Å². The smallest absolute Gasteiger partial charge is 0.335 e. The van der Waals surface area contributed by atoms with Gasteiger partial charge < -0.3 is 16.2 Å². The van der Waals surface area contributed by atoms with Crippen LogP contribution in [0.3, 0.4) is 0 Å². The number of rotatable bonds is 6. The number of aromatic nitrogens is 2. The number of amides is 1. The van der Waals surface area contributed by atoms with Crippen molar-refractivity contribution in [3.63, 3.8) is 0 Å². The van der Waals surface area contributed by atoms with Crippen molar-refractivity contribution >= 4 is 23.1 Å². The number of nitrogens with two attached hydrogens (primary N) is 1. The molecule has 0 spiro atoms. The Morgan fingerprint density at radius 3 is 2.61 bits per heavy atom. The predicted octanol–water partition coefficient (Wildman–Crippen LogP) is 3.35. The number of carboxylic acid groups (broad SMARTS) is 1. The van der Waals surface area contributed by atoms with E-state index >= 15 is 0 Å². The molecule has 8 heteroatoms. The van der Waals surface area contributed by atoms with Gasteiger partial charge in [0.25, 0.3) is 5.91 Å². The molecule has 0 saturated heterocycles. The Morgan fingerprint density at radius 1 is 1.29 bits per heavy atom. The van der Waals surface area contributed by atoms with E-state index in [0.717, 1.165) is 0 Å². The lowest BCUT2D eigenvalue weighted by Crippen LogP contribution is -2.36. The summed E-state index contributed by atoms with van der Waals surface area (Å²) in [6.07, 6.45) is 3.03. The zero-order valence-corrected chi connectivity index (χ0v) is 15.7. The Hall–Kier alpha value is -3.42. The van der Waals surface area contributed by atoms with Crippen LogP contribution in [-0.4, -0.2) is 38.3 Å². The van der Waals surface area contributed by atoms with Gasteiger partial charge in [0.1, 0.15) is 5.67 Å². The third-order valence-electron chi connectivity index (χ3n) is 4.74. The van der Waals surface area contributed by atoms with Gasteiger partial charge in [-0.1, -0.05) is 12.1 Å². The molecule has 7 nitrogen and oxygen atoms in total. The second kappa shape index (κ2) is 6.95. The van der Waals surface area contributed by atoms with E-state index in [1.54, 1.807) is 37.4 Å². The van der Waals surface area contributed by atoms with Crippen LogP contribution >= 0.6 is 0 Å². The average molecular weight is 384 g/mol. The summed E-state index contributed by atoms with van der Waals surface area (Å²) >= 11 is 0. The molecular weight excluding hydrogens is 363 g/mol. The van der Waals surface area contributed by atoms with E-state index in [9.17, 15) is 19.1 Å². The lowest BCUT2D eigenvalue weighted by Gasteiger charge is -2.26. The highest BCUT2D eigenvalue weighted by atomic mass is 19.1. The van der Waals surface area contributed by atoms with Crippen molar-refractivity contribution in [3.05, 3.63) is 53.9 Å². The standard InChI is InChI=1S/C20H21FN4O3/c1-11(20(2,3)21)24-17-15(18(22)26)9-23-25-10-14(8-16(17)25)12-5-4-6-13(7-12)19(27)28/h4-11,24H,1-3H3,(H2,22,26)(H,27,28)/t11-/m1/s1. The number of alkyl halides is 1. The van der Waals surface area contributed by atoms with Crippen LogP contribution in [0.5, 0.6) is 0 Å². The summed E-state index contributed by atoms with van der Waals surface area (Å²) < 4.78 is 15.9. The molecule has 3 aromatic rings. The third kappa shape index (κ3) is 3.66. The quantitative estimate of drug-likeness (QED) is 0.604. The highest BCUT2D eigenvalue weighted by Crippen LogP contribution is 2.30.